The summed E-state index contributed by atoms with van der Waals surface area (Å²) < 4.78 is 13.5. The van der Waals surface area contributed by atoms with E-state index in [0.29, 0.717) is 0 Å². The van der Waals surface area contributed by atoms with E-state index < -0.39 is 0 Å². The van der Waals surface area contributed by atoms with Gasteiger partial charge in [-0.3, -0.25) is 0 Å². The zero-order chi connectivity index (χ0) is 8.27. The highest BCUT2D eigenvalue weighted by Gasteiger charge is 1.96. The van der Waals surface area contributed by atoms with Gasteiger partial charge in [0, 0.05) is 4.47 Å². The van der Waals surface area contributed by atoms with Crippen molar-refractivity contribution in [1.29, 1.82) is 0 Å². The molecule has 0 spiro atoms. The highest BCUT2D eigenvalue weighted by molar-refractivity contribution is 9.10. The smallest absolute Gasteiger partial charge is 0.124 e. The van der Waals surface area contributed by atoms with Crippen molar-refractivity contribution in [3.8, 4) is 0 Å². The van der Waals surface area contributed by atoms with Crippen LogP contribution in [-0.4, -0.2) is 0 Å². The van der Waals surface area contributed by atoms with E-state index >= 15 is 0 Å². The third-order valence-electron chi connectivity index (χ3n) is 1.46. The molecule has 0 saturated heterocycles. The predicted molar refractivity (Wildman–Crippen MR) is 48.1 cm³/mol. The van der Waals surface area contributed by atoms with E-state index in [2.05, 4.69) is 22.9 Å². The summed E-state index contributed by atoms with van der Waals surface area (Å²) in [6.45, 7) is 2.08. The van der Waals surface area contributed by atoms with Crippen LogP contribution in [0.5, 0.6) is 0 Å². The second kappa shape index (κ2) is 3.86. The third kappa shape index (κ3) is 2.62. The van der Waals surface area contributed by atoms with Gasteiger partial charge in [-0.05, 0) is 30.2 Å². The second-order valence-corrected chi connectivity index (χ2v) is 3.44. The van der Waals surface area contributed by atoms with Crippen LogP contribution < -0.4 is 0 Å². The van der Waals surface area contributed by atoms with Crippen LogP contribution in [0.1, 0.15) is 18.9 Å². The van der Waals surface area contributed by atoms with Crippen molar-refractivity contribution in [1.82, 2.24) is 0 Å². The molecule has 0 atom stereocenters. The molecule has 11 heavy (non-hydrogen) atoms. The quantitative estimate of drug-likeness (QED) is 0.710. The van der Waals surface area contributed by atoms with Crippen LogP contribution in [-0.2, 0) is 6.42 Å². The Balaban J connectivity index is 2.89. The highest BCUT2D eigenvalue weighted by Crippen LogP contribution is 2.15. The Bertz CT molecular complexity index is 225. The van der Waals surface area contributed by atoms with Gasteiger partial charge in [0.05, 0.1) is 0 Å². The number of hydrogen-bond donors (Lipinski definition) is 0. The maximum atomic E-state index is 12.7. The molecule has 60 valence electrons. The average Bonchev–Trinajstić information content (AvgIpc) is 1.85. The molecule has 0 aromatic heterocycles. The predicted octanol–water partition coefficient (Wildman–Crippen LogP) is 3.54. The maximum absolute atomic E-state index is 12.7. The fourth-order valence-corrected chi connectivity index (χ4v) is 1.56. The topological polar surface area (TPSA) is 0 Å². The molecule has 0 heterocycles. The lowest BCUT2D eigenvalue weighted by atomic mass is 10.1. The molecule has 1 aromatic rings. The zero-order valence-electron chi connectivity index (χ0n) is 6.40. The minimum absolute atomic E-state index is 0.164. The first-order valence-electron chi connectivity index (χ1n) is 3.67. The van der Waals surface area contributed by atoms with E-state index in [1.165, 1.54) is 6.07 Å². The maximum Gasteiger partial charge on any atom is 0.124 e. The Kier molecular flexibility index (Phi) is 3.06. The van der Waals surface area contributed by atoms with Crippen molar-refractivity contribution >= 4 is 15.9 Å². The van der Waals surface area contributed by atoms with Crippen LogP contribution in [0.3, 0.4) is 0 Å². The minimum atomic E-state index is -0.164. The molecule has 0 aliphatic carbocycles. The molecule has 0 saturated carbocycles. The van der Waals surface area contributed by atoms with Crippen LogP contribution in [0.15, 0.2) is 22.7 Å². The molecule has 1 rings (SSSR count). The van der Waals surface area contributed by atoms with Crippen LogP contribution in [0.4, 0.5) is 4.39 Å². The van der Waals surface area contributed by atoms with Crippen LogP contribution in [0, 0.1) is 5.82 Å². The Morgan fingerprint density at radius 1 is 1.36 bits per heavy atom. The summed E-state index contributed by atoms with van der Waals surface area (Å²) in [4.78, 5) is 0. The molecule has 0 radical (unpaired) electrons. The Labute approximate surface area is 74.6 Å². The molecule has 0 N–H and O–H groups in total. The molecule has 0 bridgehead atoms. The molecular weight excluding hydrogens is 207 g/mol. The van der Waals surface area contributed by atoms with Gasteiger partial charge in [0.2, 0.25) is 0 Å². The van der Waals surface area contributed by atoms with Gasteiger partial charge in [-0.1, -0.05) is 29.3 Å². The van der Waals surface area contributed by atoms with Gasteiger partial charge in [-0.15, -0.1) is 0 Å². The van der Waals surface area contributed by atoms with Crippen molar-refractivity contribution < 1.29 is 4.39 Å². The van der Waals surface area contributed by atoms with Crippen LogP contribution in [0.25, 0.3) is 0 Å². The molecule has 0 aliphatic heterocycles. The Morgan fingerprint density at radius 3 is 2.64 bits per heavy atom. The molecule has 0 aliphatic rings. The summed E-state index contributed by atoms with van der Waals surface area (Å²) in [6, 6.07) is 5.00. The summed E-state index contributed by atoms with van der Waals surface area (Å²) in [7, 11) is 0. The summed E-state index contributed by atoms with van der Waals surface area (Å²) in [5, 5.41) is 0. The van der Waals surface area contributed by atoms with Gasteiger partial charge < -0.3 is 0 Å². The van der Waals surface area contributed by atoms with Crippen molar-refractivity contribution in [2.45, 2.75) is 19.8 Å². The SMILES string of the molecule is CCCc1cc(F)cc(Br)c1. The van der Waals surface area contributed by atoms with Gasteiger partial charge in [0.1, 0.15) is 5.82 Å². The van der Waals surface area contributed by atoms with E-state index in [-0.39, 0.29) is 5.82 Å². The molecule has 1 aromatic carbocycles. The average molecular weight is 217 g/mol. The number of rotatable bonds is 2. The number of halogens is 2. The van der Waals surface area contributed by atoms with Gasteiger partial charge >= 0.3 is 0 Å². The second-order valence-electron chi connectivity index (χ2n) is 2.53. The lowest BCUT2D eigenvalue weighted by Crippen LogP contribution is -1.84. The van der Waals surface area contributed by atoms with Crippen molar-refractivity contribution in [2.75, 3.05) is 0 Å². The zero-order valence-corrected chi connectivity index (χ0v) is 7.99. The molecular formula is C9H10BrF. The number of hydrogen-bond acceptors (Lipinski definition) is 0. The number of aryl methyl sites for hydroxylation is 1. The normalized spacial score (nSPS) is 10.1. The first-order valence-corrected chi connectivity index (χ1v) is 4.46. The molecule has 0 unspecified atom stereocenters. The van der Waals surface area contributed by atoms with Crippen molar-refractivity contribution in [3.05, 3.63) is 34.1 Å². The van der Waals surface area contributed by atoms with Gasteiger partial charge in [0.25, 0.3) is 0 Å². The van der Waals surface area contributed by atoms with E-state index in [0.717, 1.165) is 22.9 Å². The number of benzene rings is 1. The van der Waals surface area contributed by atoms with Gasteiger partial charge in [-0.2, -0.15) is 0 Å². The van der Waals surface area contributed by atoms with E-state index in [9.17, 15) is 4.39 Å². The summed E-state index contributed by atoms with van der Waals surface area (Å²) in [6.07, 6.45) is 1.99. The monoisotopic (exact) mass is 216 g/mol. The van der Waals surface area contributed by atoms with Crippen molar-refractivity contribution in [2.24, 2.45) is 0 Å². The third-order valence-corrected chi connectivity index (χ3v) is 1.92. The first-order chi connectivity index (χ1) is 5.22. The lowest BCUT2D eigenvalue weighted by Gasteiger charge is -1.99. The first kappa shape index (κ1) is 8.72. The van der Waals surface area contributed by atoms with Crippen LogP contribution >= 0.6 is 15.9 Å². The Hall–Kier alpha value is -0.370. The minimum Gasteiger partial charge on any atom is -0.207 e. The molecule has 0 fully saturated rings. The largest absolute Gasteiger partial charge is 0.207 e. The van der Waals surface area contributed by atoms with Gasteiger partial charge in [-0.25, -0.2) is 4.39 Å². The van der Waals surface area contributed by atoms with Gasteiger partial charge in [0.15, 0.2) is 0 Å². The highest BCUT2D eigenvalue weighted by atomic mass is 79.9. The van der Waals surface area contributed by atoms with Crippen LogP contribution in [0.2, 0.25) is 0 Å². The Morgan fingerprint density at radius 2 is 2.09 bits per heavy atom. The lowest BCUT2D eigenvalue weighted by molar-refractivity contribution is 0.624. The van der Waals surface area contributed by atoms with Crippen molar-refractivity contribution in [3.63, 3.8) is 0 Å². The standard InChI is InChI=1S/C9H10BrF/c1-2-3-7-4-8(10)6-9(11)5-7/h4-6H,2-3H2,1H3. The fraction of sp³-hybridized carbons (Fsp3) is 0.333. The molecule has 0 amide bonds. The molecule has 2 heteroatoms. The summed E-state index contributed by atoms with van der Waals surface area (Å²) >= 11 is 3.24. The summed E-state index contributed by atoms with van der Waals surface area (Å²) in [5.74, 6) is -0.164. The van der Waals surface area contributed by atoms with E-state index in [1.54, 1.807) is 6.07 Å². The summed E-state index contributed by atoms with van der Waals surface area (Å²) in [5.41, 5.74) is 1.05. The van der Waals surface area contributed by atoms with E-state index in [1.807, 2.05) is 6.07 Å². The van der Waals surface area contributed by atoms with E-state index in [4.69, 9.17) is 0 Å². The molecule has 0 nitrogen and oxygen atoms in total. The fourth-order valence-electron chi connectivity index (χ4n) is 1.04.